The van der Waals surface area contributed by atoms with Crippen LogP contribution in [-0.2, 0) is 51.9 Å². The van der Waals surface area contributed by atoms with Crippen molar-refractivity contribution in [2.45, 2.75) is 78.3 Å². The zero-order valence-corrected chi connectivity index (χ0v) is 21.5. The molecule has 0 atom stereocenters. The molecule has 4 rings (SSSR count). The van der Waals surface area contributed by atoms with E-state index in [9.17, 15) is 0 Å². The Kier molecular flexibility index (Phi) is 8.69. The minimum absolute atomic E-state index is 0. The molecule has 140 valence electrons. The third-order valence-corrected chi connectivity index (χ3v) is 10.3. The van der Waals surface area contributed by atoms with E-state index in [2.05, 4.69) is 39.1 Å². The largest absolute Gasteiger partial charge is 4.00 e. The van der Waals surface area contributed by atoms with E-state index in [1.54, 1.807) is 43.8 Å². The van der Waals surface area contributed by atoms with Gasteiger partial charge in [0.05, 0.1) is 0 Å². The number of fused-ring (bicyclic) bond motifs is 2. The van der Waals surface area contributed by atoms with Crippen LogP contribution in [0.2, 0.25) is 13.1 Å². The Morgan fingerprint density at radius 1 is 0.654 bits per heavy atom. The Morgan fingerprint density at radius 2 is 1.00 bits per heavy atom. The first-order chi connectivity index (χ1) is 11.0. The van der Waals surface area contributed by atoms with E-state index in [1.807, 2.05) is 0 Å². The van der Waals surface area contributed by atoms with Gasteiger partial charge in [-0.15, -0.1) is 0 Å². The number of aryl methyl sites for hydroxylation is 4. The van der Waals surface area contributed by atoms with Gasteiger partial charge in [0.2, 0.25) is 0 Å². The second-order valence-electron chi connectivity index (χ2n) is 8.45. The van der Waals surface area contributed by atoms with Crippen molar-refractivity contribution in [2.24, 2.45) is 0 Å². The number of halogens is 2. The van der Waals surface area contributed by atoms with Crippen LogP contribution in [0.15, 0.2) is 12.1 Å². The molecule has 0 aromatic heterocycles. The predicted octanol–water partition coefficient (Wildman–Crippen LogP) is -1.67. The van der Waals surface area contributed by atoms with Gasteiger partial charge in [-0.3, -0.25) is 0 Å². The molecule has 0 spiro atoms. The van der Waals surface area contributed by atoms with E-state index in [-0.39, 0.29) is 51.0 Å². The maximum atomic E-state index is 2.63. The summed E-state index contributed by atoms with van der Waals surface area (Å²) >= 11 is 0. The van der Waals surface area contributed by atoms with Gasteiger partial charge < -0.3 is 24.8 Å². The van der Waals surface area contributed by atoms with Crippen molar-refractivity contribution < 1.29 is 51.0 Å². The Labute approximate surface area is 192 Å². The third kappa shape index (κ3) is 3.91. The van der Waals surface area contributed by atoms with Crippen molar-refractivity contribution >= 4 is 18.4 Å². The minimum atomic E-state index is -1.60. The molecule has 0 radical (unpaired) electrons. The molecule has 0 amide bonds. The molecule has 2 aliphatic rings. The maximum Gasteiger partial charge on any atom is 4.00 e. The zero-order chi connectivity index (χ0) is 16.2. The molecular weight excluding hydrogens is 454 g/mol. The van der Waals surface area contributed by atoms with Crippen LogP contribution in [0.4, 0.5) is 0 Å². The number of rotatable bonds is 2. The summed E-state index contributed by atoms with van der Waals surface area (Å²) in [6, 6.07) is 5.06. The summed E-state index contributed by atoms with van der Waals surface area (Å²) in [5.74, 6) is 0. The van der Waals surface area contributed by atoms with Crippen molar-refractivity contribution in [3.05, 3.63) is 45.5 Å². The summed E-state index contributed by atoms with van der Waals surface area (Å²) in [6.07, 6.45) is 10.9. The standard InChI is InChI=1S/C22H30Si.2ClH.Zr/c1-15-13-17-9-5-7-11-19(17)21(15)23(3,4)22-16(2)14-18-10-6-8-12-20(18)22;;;/h13-14H,5-12H2,1-4H3;2*1H;/q-2;;;+4/p-2. The SMILES string of the molecule is Cc1[cH-]c2c(c1[Si](C)(C)c1c(C)[cH-]c3c1CCCC3)CCCC2.[Cl-].[Cl-].[Zr+4]. The Morgan fingerprint density at radius 3 is 1.38 bits per heavy atom. The fourth-order valence-corrected chi connectivity index (χ4v) is 10.2. The first-order valence-corrected chi connectivity index (χ1v) is 12.6. The van der Waals surface area contributed by atoms with Crippen molar-refractivity contribution in [1.29, 1.82) is 0 Å². The average Bonchev–Trinajstić information content (AvgIpc) is 3.02. The Balaban J connectivity index is 0.00000113. The molecule has 0 heterocycles. The van der Waals surface area contributed by atoms with Gasteiger partial charge in [0.25, 0.3) is 0 Å². The molecule has 0 fully saturated rings. The molecule has 0 saturated heterocycles. The number of hydrogen-bond donors (Lipinski definition) is 0. The second kappa shape index (κ2) is 9.25. The van der Waals surface area contributed by atoms with Gasteiger partial charge in [-0.2, -0.15) is 45.5 Å². The first-order valence-electron chi connectivity index (χ1n) is 9.57. The summed E-state index contributed by atoms with van der Waals surface area (Å²) in [4.78, 5) is 0. The molecule has 2 aliphatic carbocycles. The average molecular weight is 485 g/mol. The van der Waals surface area contributed by atoms with Crippen LogP contribution in [0.1, 0.15) is 59.1 Å². The van der Waals surface area contributed by atoms with Crippen LogP contribution >= 0.6 is 0 Å². The van der Waals surface area contributed by atoms with Crippen LogP contribution in [-0.4, -0.2) is 8.07 Å². The Bertz CT molecular complexity index is 693. The van der Waals surface area contributed by atoms with E-state index < -0.39 is 8.07 Å². The molecule has 0 saturated carbocycles. The smallest absolute Gasteiger partial charge is 1.00 e. The van der Waals surface area contributed by atoms with Gasteiger partial charge in [0.15, 0.2) is 0 Å². The normalized spacial score (nSPS) is 15.8. The summed E-state index contributed by atoms with van der Waals surface area (Å²) in [6.45, 7) is 10.0. The van der Waals surface area contributed by atoms with Gasteiger partial charge in [-0.1, -0.05) is 78.3 Å². The molecule has 0 aliphatic heterocycles. The van der Waals surface area contributed by atoms with Crippen LogP contribution in [0, 0.1) is 13.8 Å². The van der Waals surface area contributed by atoms with Gasteiger partial charge >= 0.3 is 26.2 Å². The maximum absolute atomic E-state index is 2.63. The zero-order valence-electron chi connectivity index (χ0n) is 16.6. The van der Waals surface area contributed by atoms with Crippen LogP contribution in [0.25, 0.3) is 0 Å². The minimum Gasteiger partial charge on any atom is -1.00 e. The van der Waals surface area contributed by atoms with E-state index in [4.69, 9.17) is 0 Å². The Hall–Kier alpha value is 0.380. The van der Waals surface area contributed by atoms with Crippen LogP contribution < -0.4 is 35.2 Å². The second-order valence-corrected chi connectivity index (χ2v) is 12.7. The molecular formula is C22H30Cl2SiZr. The number of hydrogen-bond acceptors (Lipinski definition) is 0. The monoisotopic (exact) mass is 482 g/mol. The molecule has 2 aromatic rings. The van der Waals surface area contributed by atoms with Crippen molar-refractivity contribution in [3.8, 4) is 0 Å². The van der Waals surface area contributed by atoms with Gasteiger partial charge in [-0.05, 0) is 8.07 Å². The van der Waals surface area contributed by atoms with Crippen LogP contribution in [0.5, 0.6) is 0 Å². The van der Waals surface area contributed by atoms with Crippen molar-refractivity contribution in [3.63, 3.8) is 0 Å². The van der Waals surface area contributed by atoms with Crippen molar-refractivity contribution in [1.82, 2.24) is 0 Å². The van der Waals surface area contributed by atoms with E-state index in [0.717, 1.165) is 0 Å². The van der Waals surface area contributed by atoms with Crippen molar-refractivity contribution in [2.75, 3.05) is 0 Å². The first kappa shape index (κ1) is 24.4. The molecule has 0 nitrogen and oxygen atoms in total. The summed E-state index contributed by atoms with van der Waals surface area (Å²) < 4.78 is 0. The molecule has 2 aromatic carbocycles. The van der Waals surface area contributed by atoms with Gasteiger partial charge in [0.1, 0.15) is 0 Å². The van der Waals surface area contributed by atoms with Crippen LogP contribution in [0.3, 0.4) is 0 Å². The molecule has 26 heavy (non-hydrogen) atoms. The summed E-state index contributed by atoms with van der Waals surface area (Å²) in [5, 5.41) is 3.60. The van der Waals surface area contributed by atoms with E-state index >= 15 is 0 Å². The summed E-state index contributed by atoms with van der Waals surface area (Å²) in [7, 11) is -1.60. The molecule has 0 unspecified atom stereocenters. The van der Waals surface area contributed by atoms with E-state index in [0.29, 0.717) is 0 Å². The van der Waals surface area contributed by atoms with Gasteiger partial charge in [-0.25, -0.2) is 10.4 Å². The predicted molar refractivity (Wildman–Crippen MR) is 104 cm³/mol. The fourth-order valence-electron chi connectivity index (χ4n) is 5.76. The topological polar surface area (TPSA) is 0 Å². The summed E-state index contributed by atoms with van der Waals surface area (Å²) in [5.41, 5.74) is 10.1. The van der Waals surface area contributed by atoms with E-state index in [1.165, 1.54) is 51.4 Å². The molecule has 0 N–H and O–H groups in total. The fraction of sp³-hybridized carbons (Fsp3) is 0.545. The molecule has 0 bridgehead atoms. The quantitative estimate of drug-likeness (QED) is 0.353. The third-order valence-electron chi connectivity index (χ3n) is 6.44. The van der Waals surface area contributed by atoms with Gasteiger partial charge in [0, 0.05) is 0 Å². The molecule has 4 heteroatoms.